The highest BCUT2D eigenvalue weighted by atomic mass is 16.5. The summed E-state index contributed by atoms with van der Waals surface area (Å²) >= 11 is 0. The molecule has 0 radical (unpaired) electrons. The number of nitrogens with two attached hydrogens (primary N) is 1. The number of para-hydroxylation sites is 1. The normalized spacial score (nSPS) is 10.8. The molecule has 0 aliphatic rings. The van der Waals surface area contributed by atoms with Crippen LogP contribution >= 0.6 is 0 Å². The number of benzene rings is 1. The summed E-state index contributed by atoms with van der Waals surface area (Å²) in [6.45, 7) is 2.49. The van der Waals surface area contributed by atoms with Gasteiger partial charge in [0.05, 0.1) is 7.11 Å². The van der Waals surface area contributed by atoms with Crippen LogP contribution in [0.2, 0.25) is 0 Å². The quantitative estimate of drug-likeness (QED) is 0.683. The maximum Gasteiger partial charge on any atom is 0.253 e. The van der Waals surface area contributed by atoms with Crippen molar-refractivity contribution in [3.8, 4) is 5.75 Å². The van der Waals surface area contributed by atoms with Crippen LogP contribution in [-0.4, -0.2) is 27.4 Å². The minimum atomic E-state index is -0.191. The lowest BCUT2D eigenvalue weighted by Crippen LogP contribution is -2.22. The van der Waals surface area contributed by atoms with E-state index in [0.29, 0.717) is 35.2 Å². The molecular formula is C19H20N4O3. The maximum absolute atomic E-state index is 12.8. The Hall–Kier alpha value is -3.22. The zero-order valence-corrected chi connectivity index (χ0v) is 14.7. The van der Waals surface area contributed by atoms with Gasteiger partial charge in [0.2, 0.25) is 5.95 Å². The number of anilines is 1. The molecule has 26 heavy (non-hydrogen) atoms. The largest absolute Gasteiger partial charge is 0.494 e. The van der Waals surface area contributed by atoms with E-state index >= 15 is 0 Å². The molecule has 2 aromatic heterocycles. The van der Waals surface area contributed by atoms with Gasteiger partial charge in [-0.2, -0.15) is 0 Å². The van der Waals surface area contributed by atoms with Crippen molar-refractivity contribution in [3.05, 3.63) is 58.1 Å². The summed E-state index contributed by atoms with van der Waals surface area (Å²) in [7, 11) is 1.53. The molecule has 3 aromatic rings. The number of hydrogen-bond donors (Lipinski definition) is 1. The minimum Gasteiger partial charge on any atom is -0.494 e. The molecule has 2 N–H and O–H groups in total. The molecule has 0 saturated carbocycles. The fourth-order valence-corrected chi connectivity index (χ4v) is 2.91. The van der Waals surface area contributed by atoms with Gasteiger partial charge in [-0.3, -0.25) is 9.59 Å². The van der Waals surface area contributed by atoms with Crippen molar-refractivity contribution in [2.45, 2.75) is 26.3 Å². The van der Waals surface area contributed by atoms with Gasteiger partial charge in [-0.25, -0.2) is 9.97 Å². The number of ketones is 1. The number of pyridine rings is 1. The molecule has 134 valence electrons. The summed E-state index contributed by atoms with van der Waals surface area (Å²) < 4.78 is 6.90. The van der Waals surface area contributed by atoms with Crippen molar-refractivity contribution in [1.82, 2.24) is 14.5 Å². The van der Waals surface area contributed by atoms with Crippen LogP contribution in [0, 0.1) is 0 Å². The number of aryl methyl sites for hydroxylation is 2. The molecule has 0 bridgehead atoms. The van der Waals surface area contributed by atoms with Gasteiger partial charge in [0.25, 0.3) is 5.56 Å². The van der Waals surface area contributed by atoms with E-state index in [4.69, 9.17) is 10.5 Å². The lowest BCUT2D eigenvalue weighted by atomic mass is 10.0. The number of rotatable bonds is 6. The smallest absolute Gasteiger partial charge is 0.253 e. The molecule has 0 amide bonds. The van der Waals surface area contributed by atoms with E-state index in [1.54, 1.807) is 35.0 Å². The van der Waals surface area contributed by atoms with Crippen molar-refractivity contribution in [1.29, 1.82) is 0 Å². The first-order valence-electron chi connectivity index (χ1n) is 8.37. The van der Waals surface area contributed by atoms with Gasteiger partial charge in [0.15, 0.2) is 5.78 Å². The number of carbonyl (C=O) groups excluding carboxylic acids is 1. The summed E-state index contributed by atoms with van der Waals surface area (Å²) in [5, 5.41) is 0.586. The summed E-state index contributed by atoms with van der Waals surface area (Å²) in [4.78, 5) is 33.3. The average Bonchev–Trinajstić information content (AvgIpc) is 2.65. The van der Waals surface area contributed by atoms with Crippen LogP contribution in [0.4, 0.5) is 5.95 Å². The third-order valence-corrected chi connectivity index (χ3v) is 4.25. The van der Waals surface area contributed by atoms with E-state index in [2.05, 4.69) is 9.97 Å². The van der Waals surface area contributed by atoms with Crippen LogP contribution in [0.15, 0.2) is 41.3 Å². The molecule has 0 spiro atoms. The van der Waals surface area contributed by atoms with Gasteiger partial charge in [0.1, 0.15) is 17.0 Å². The molecular weight excluding hydrogens is 332 g/mol. The highest BCUT2D eigenvalue weighted by Gasteiger charge is 2.17. The zero-order valence-electron chi connectivity index (χ0n) is 14.7. The van der Waals surface area contributed by atoms with Crippen LogP contribution in [0.25, 0.3) is 10.9 Å². The Morgan fingerprint density at radius 1 is 1.23 bits per heavy atom. The van der Waals surface area contributed by atoms with Gasteiger partial charge in [-0.1, -0.05) is 18.2 Å². The predicted molar refractivity (Wildman–Crippen MR) is 99.5 cm³/mol. The fourth-order valence-electron chi connectivity index (χ4n) is 2.91. The Morgan fingerprint density at radius 2 is 2.04 bits per heavy atom. The third kappa shape index (κ3) is 3.28. The number of fused-ring (bicyclic) bond motifs is 1. The molecule has 7 heteroatoms. The van der Waals surface area contributed by atoms with E-state index in [1.807, 2.05) is 13.0 Å². The SMILES string of the molecule is CCn1cccc(CCC(=O)c2nc(N)nc3c(OC)cccc23)c1=O. The number of nitrogen functional groups attached to an aromatic ring is 1. The van der Waals surface area contributed by atoms with E-state index in [1.165, 1.54) is 7.11 Å². The average molecular weight is 352 g/mol. The van der Waals surface area contributed by atoms with Crippen molar-refractivity contribution in [3.63, 3.8) is 0 Å². The Kier molecular flexibility index (Phi) is 4.97. The second kappa shape index (κ2) is 7.35. The van der Waals surface area contributed by atoms with Crippen molar-refractivity contribution >= 4 is 22.6 Å². The first-order chi connectivity index (χ1) is 12.5. The first-order valence-corrected chi connectivity index (χ1v) is 8.37. The second-order valence-corrected chi connectivity index (χ2v) is 5.83. The van der Waals surface area contributed by atoms with E-state index in [9.17, 15) is 9.59 Å². The van der Waals surface area contributed by atoms with Gasteiger partial charge >= 0.3 is 0 Å². The lowest BCUT2D eigenvalue weighted by molar-refractivity contribution is 0.0979. The summed E-state index contributed by atoms with van der Waals surface area (Å²) in [5.41, 5.74) is 7.05. The molecule has 0 saturated heterocycles. The van der Waals surface area contributed by atoms with Crippen LogP contribution in [0.1, 0.15) is 29.4 Å². The van der Waals surface area contributed by atoms with Gasteiger partial charge in [-0.05, 0) is 25.5 Å². The highest BCUT2D eigenvalue weighted by molar-refractivity contribution is 6.07. The first kappa shape index (κ1) is 17.6. The molecule has 0 aliphatic carbocycles. The Balaban J connectivity index is 1.93. The summed E-state index contributed by atoms with van der Waals surface area (Å²) in [6, 6.07) is 8.84. The van der Waals surface area contributed by atoms with Gasteiger partial charge in [-0.15, -0.1) is 0 Å². The van der Waals surface area contributed by atoms with Crippen molar-refractivity contribution in [2.24, 2.45) is 0 Å². The van der Waals surface area contributed by atoms with Crippen LogP contribution in [0.3, 0.4) is 0 Å². The van der Waals surface area contributed by atoms with E-state index < -0.39 is 0 Å². The van der Waals surface area contributed by atoms with Crippen molar-refractivity contribution < 1.29 is 9.53 Å². The Labute approximate surface area is 150 Å². The van der Waals surface area contributed by atoms with Gasteiger partial charge < -0.3 is 15.0 Å². The van der Waals surface area contributed by atoms with Crippen LogP contribution in [-0.2, 0) is 13.0 Å². The summed E-state index contributed by atoms with van der Waals surface area (Å²) in [6.07, 6.45) is 2.23. The molecule has 7 nitrogen and oxygen atoms in total. The molecule has 0 atom stereocenters. The number of nitrogens with zero attached hydrogens (tertiary/aromatic N) is 3. The molecule has 3 rings (SSSR count). The number of carbonyl (C=O) groups is 1. The number of methoxy groups -OCH3 is 1. The molecule has 0 unspecified atom stereocenters. The van der Waals surface area contributed by atoms with Crippen LogP contribution < -0.4 is 16.0 Å². The zero-order chi connectivity index (χ0) is 18.7. The minimum absolute atomic E-state index is 0.0124. The molecule has 1 aromatic carbocycles. The fraction of sp³-hybridized carbons (Fsp3) is 0.263. The Morgan fingerprint density at radius 3 is 2.77 bits per heavy atom. The molecule has 0 aliphatic heterocycles. The molecule has 2 heterocycles. The highest BCUT2D eigenvalue weighted by Crippen LogP contribution is 2.26. The monoisotopic (exact) mass is 352 g/mol. The number of hydrogen-bond acceptors (Lipinski definition) is 6. The number of Topliss-reactive ketones (excluding diaryl/α,β-unsaturated/α-hetero) is 1. The number of aromatic nitrogens is 3. The van der Waals surface area contributed by atoms with E-state index in [0.717, 1.165) is 0 Å². The number of ether oxygens (including phenoxy) is 1. The van der Waals surface area contributed by atoms with Gasteiger partial charge in [0, 0.05) is 30.1 Å². The van der Waals surface area contributed by atoms with E-state index in [-0.39, 0.29) is 29.4 Å². The standard InChI is InChI=1S/C19H20N4O3/c1-3-23-11-5-6-12(18(23)25)9-10-14(24)16-13-7-4-8-15(26-2)17(13)22-19(20)21-16/h4-8,11H,3,9-10H2,1-2H3,(H2,20,21,22). The van der Waals surface area contributed by atoms with Crippen molar-refractivity contribution in [2.75, 3.05) is 12.8 Å². The predicted octanol–water partition coefficient (Wildman–Crippen LogP) is 2.22. The molecule has 0 fully saturated rings. The topological polar surface area (TPSA) is 100 Å². The summed E-state index contributed by atoms with van der Waals surface area (Å²) in [5.74, 6) is 0.349. The Bertz CT molecular complexity index is 1030. The lowest BCUT2D eigenvalue weighted by Gasteiger charge is -2.09. The third-order valence-electron chi connectivity index (χ3n) is 4.25. The second-order valence-electron chi connectivity index (χ2n) is 5.83. The maximum atomic E-state index is 12.8. The van der Waals surface area contributed by atoms with Crippen LogP contribution in [0.5, 0.6) is 5.75 Å².